The molecule has 1 aliphatic carbocycles. The summed E-state index contributed by atoms with van der Waals surface area (Å²) in [6, 6.07) is 15.9. The Morgan fingerprint density at radius 2 is 1.64 bits per heavy atom. The van der Waals surface area contributed by atoms with Crippen molar-refractivity contribution in [3.8, 4) is 11.3 Å². The lowest BCUT2D eigenvalue weighted by Crippen LogP contribution is -2.35. The lowest BCUT2D eigenvalue weighted by molar-refractivity contribution is -0.132. The van der Waals surface area contributed by atoms with Gasteiger partial charge in [0.25, 0.3) is 0 Å². The van der Waals surface area contributed by atoms with Crippen molar-refractivity contribution >= 4 is 33.9 Å². The van der Waals surface area contributed by atoms with Crippen molar-refractivity contribution in [1.82, 2.24) is 15.1 Å². The zero-order valence-electron chi connectivity index (χ0n) is 15.4. The largest absolute Gasteiger partial charge is 0.338 e. The lowest BCUT2D eigenvalue weighted by atomic mass is 9.97. The van der Waals surface area contributed by atoms with Gasteiger partial charge in [0.2, 0.25) is 5.91 Å². The Bertz CT molecular complexity index is 1090. The average Bonchev–Trinajstić information content (AvgIpc) is 3.59. The average molecular weight is 390 g/mol. The van der Waals surface area contributed by atoms with E-state index in [1.54, 1.807) is 0 Å². The highest BCUT2D eigenvalue weighted by atomic mass is 35.5. The van der Waals surface area contributed by atoms with Crippen LogP contribution in [0, 0.1) is 5.92 Å². The first kappa shape index (κ1) is 17.4. The van der Waals surface area contributed by atoms with Gasteiger partial charge in [0.15, 0.2) is 0 Å². The van der Waals surface area contributed by atoms with E-state index >= 15 is 0 Å². The zero-order valence-corrected chi connectivity index (χ0v) is 16.2. The number of carbonyl (C=O) groups is 1. The molecule has 140 valence electrons. The molecule has 0 unspecified atom stereocenters. The van der Waals surface area contributed by atoms with Gasteiger partial charge in [-0.3, -0.25) is 4.79 Å². The quantitative estimate of drug-likeness (QED) is 0.634. The van der Waals surface area contributed by atoms with Crippen LogP contribution in [0.2, 0.25) is 5.02 Å². The fourth-order valence-corrected chi connectivity index (χ4v) is 3.96. The van der Waals surface area contributed by atoms with E-state index in [9.17, 15) is 4.79 Å². The summed E-state index contributed by atoms with van der Waals surface area (Å²) in [6.07, 6.45) is 5.06. The molecular formula is C23H20ClN3O. The third kappa shape index (κ3) is 3.18. The van der Waals surface area contributed by atoms with Crippen LogP contribution in [0.4, 0.5) is 0 Å². The molecule has 3 aromatic rings. The third-order valence-electron chi connectivity index (χ3n) is 5.56. The number of aromatic nitrogens is 2. The molecule has 0 N–H and O–H groups in total. The van der Waals surface area contributed by atoms with Gasteiger partial charge in [-0.15, -0.1) is 10.2 Å². The highest BCUT2D eigenvalue weighted by molar-refractivity contribution is 6.30. The molecule has 0 saturated heterocycles. The summed E-state index contributed by atoms with van der Waals surface area (Å²) in [6.45, 7) is 1.43. The van der Waals surface area contributed by atoms with Gasteiger partial charge in [-0.1, -0.05) is 54.1 Å². The van der Waals surface area contributed by atoms with Gasteiger partial charge >= 0.3 is 0 Å². The first-order chi connectivity index (χ1) is 13.7. The minimum atomic E-state index is 0.272. The summed E-state index contributed by atoms with van der Waals surface area (Å²) in [5.74, 6) is 0.582. The molecule has 5 heteroatoms. The predicted octanol–water partition coefficient (Wildman–Crippen LogP) is 4.98. The van der Waals surface area contributed by atoms with E-state index in [-0.39, 0.29) is 5.92 Å². The Hall–Kier alpha value is -2.72. The SMILES string of the molecule is O=C(C1CC1)N1CC=C(c2nnc(-c3ccc(Cl)cc3)c3ccccc23)CC1. The van der Waals surface area contributed by atoms with Crippen molar-refractivity contribution in [2.24, 2.45) is 5.92 Å². The van der Waals surface area contributed by atoms with E-state index in [0.717, 1.165) is 53.5 Å². The first-order valence-electron chi connectivity index (χ1n) is 9.70. The van der Waals surface area contributed by atoms with Crippen molar-refractivity contribution in [3.63, 3.8) is 0 Å². The number of fused-ring (bicyclic) bond motifs is 1. The molecule has 5 rings (SSSR count). The highest BCUT2D eigenvalue weighted by Gasteiger charge is 2.34. The van der Waals surface area contributed by atoms with Crippen LogP contribution in [-0.4, -0.2) is 34.1 Å². The smallest absolute Gasteiger partial charge is 0.225 e. The standard InChI is InChI=1S/C23H20ClN3O/c24-18-9-7-15(8-10-18)21-19-3-1-2-4-20(19)22(26-25-21)16-11-13-27(14-12-16)23(28)17-5-6-17/h1-4,7-11,17H,5-6,12-14H2. The van der Waals surface area contributed by atoms with E-state index < -0.39 is 0 Å². The van der Waals surface area contributed by atoms with Gasteiger partial charge in [0.05, 0.1) is 5.69 Å². The van der Waals surface area contributed by atoms with Crippen LogP contribution in [0.3, 0.4) is 0 Å². The number of carbonyl (C=O) groups excluding carboxylic acids is 1. The minimum Gasteiger partial charge on any atom is -0.338 e. The van der Waals surface area contributed by atoms with Crippen LogP contribution in [0.15, 0.2) is 54.6 Å². The molecule has 1 aliphatic heterocycles. The molecule has 1 saturated carbocycles. The van der Waals surface area contributed by atoms with Crippen molar-refractivity contribution in [2.45, 2.75) is 19.3 Å². The number of hydrogen-bond acceptors (Lipinski definition) is 3. The second-order valence-corrected chi connectivity index (χ2v) is 7.92. The molecule has 1 fully saturated rings. The maximum absolute atomic E-state index is 12.3. The normalized spacial score (nSPS) is 16.9. The van der Waals surface area contributed by atoms with Crippen molar-refractivity contribution in [3.05, 3.63) is 65.3 Å². The summed E-state index contributed by atoms with van der Waals surface area (Å²) in [5, 5.41) is 12.0. The summed E-state index contributed by atoms with van der Waals surface area (Å²) in [7, 11) is 0. The van der Waals surface area contributed by atoms with Gasteiger partial charge in [-0.25, -0.2) is 0 Å². The molecule has 1 amide bonds. The molecule has 0 bridgehead atoms. The maximum Gasteiger partial charge on any atom is 0.225 e. The summed E-state index contributed by atoms with van der Waals surface area (Å²) in [4.78, 5) is 14.3. The number of nitrogens with zero attached hydrogens (tertiary/aromatic N) is 3. The van der Waals surface area contributed by atoms with Gasteiger partial charge < -0.3 is 4.90 Å². The lowest BCUT2D eigenvalue weighted by Gasteiger charge is -2.26. The molecule has 0 atom stereocenters. The maximum atomic E-state index is 12.3. The van der Waals surface area contributed by atoms with E-state index in [1.165, 1.54) is 5.57 Å². The van der Waals surface area contributed by atoms with Gasteiger partial charge in [0.1, 0.15) is 5.69 Å². The topological polar surface area (TPSA) is 46.1 Å². The van der Waals surface area contributed by atoms with Crippen LogP contribution in [0.25, 0.3) is 27.6 Å². The Kier molecular flexibility index (Phi) is 4.36. The molecule has 2 aliphatic rings. The first-order valence-corrected chi connectivity index (χ1v) is 10.1. The van der Waals surface area contributed by atoms with E-state index in [0.29, 0.717) is 17.5 Å². The van der Waals surface area contributed by atoms with Crippen molar-refractivity contribution in [1.29, 1.82) is 0 Å². The van der Waals surface area contributed by atoms with E-state index in [2.05, 4.69) is 28.4 Å². The van der Waals surface area contributed by atoms with Gasteiger partial charge in [0, 0.05) is 40.4 Å². The van der Waals surface area contributed by atoms with E-state index in [4.69, 9.17) is 11.6 Å². The summed E-state index contributed by atoms with van der Waals surface area (Å²) in [5.41, 5.74) is 3.95. The predicted molar refractivity (Wildman–Crippen MR) is 112 cm³/mol. The van der Waals surface area contributed by atoms with Crippen molar-refractivity contribution < 1.29 is 4.79 Å². The van der Waals surface area contributed by atoms with Crippen LogP contribution in [-0.2, 0) is 4.79 Å². The Morgan fingerprint density at radius 1 is 0.964 bits per heavy atom. The Labute approximate surface area is 168 Å². The van der Waals surface area contributed by atoms with Crippen LogP contribution < -0.4 is 0 Å². The molecule has 0 radical (unpaired) electrons. The number of hydrogen-bond donors (Lipinski definition) is 0. The Balaban J connectivity index is 1.52. The van der Waals surface area contributed by atoms with E-state index in [1.807, 2.05) is 41.3 Å². The van der Waals surface area contributed by atoms with Crippen LogP contribution in [0.1, 0.15) is 25.0 Å². The molecular weight excluding hydrogens is 370 g/mol. The molecule has 2 heterocycles. The summed E-state index contributed by atoms with van der Waals surface area (Å²) < 4.78 is 0. The second-order valence-electron chi connectivity index (χ2n) is 7.49. The number of benzene rings is 2. The number of amides is 1. The number of rotatable bonds is 3. The fraction of sp³-hybridized carbons (Fsp3) is 0.261. The monoisotopic (exact) mass is 389 g/mol. The molecule has 2 aromatic carbocycles. The third-order valence-corrected chi connectivity index (χ3v) is 5.81. The van der Waals surface area contributed by atoms with Crippen LogP contribution in [0.5, 0.6) is 0 Å². The van der Waals surface area contributed by atoms with Gasteiger partial charge in [-0.05, 0) is 37.0 Å². The summed E-state index contributed by atoms with van der Waals surface area (Å²) >= 11 is 6.03. The van der Waals surface area contributed by atoms with Gasteiger partial charge in [-0.2, -0.15) is 0 Å². The highest BCUT2D eigenvalue weighted by Crippen LogP contribution is 2.35. The van der Waals surface area contributed by atoms with Crippen LogP contribution >= 0.6 is 11.6 Å². The molecule has 4 nitrogen and oxygen atoms in total. The van der Waals surface area contributed by atoms with Crippen molar-refractivity contribution in [2.75, 3.05) is 13.1 Å². The fourth-order valence-electron chi connectivity index (χ4n) is 3.83. The molecule has 0 spiro atoms. The number of halogens is 1. The second kappa shape index (κ2) is 7.02. The molecule has 28 heavy (non-hydrogen) atoms. The zero-order chi connectivity index (χ0) is 19.1. The minimum absolute atomic E-state index is 0.272. The Morgan fingerprint density at radius 3 is 2.29 bits per heavy atom. The molecule has 1 aromatic heterocycles.